The highest BCUT2D eigenvalue weighted by molar-refractivity contribution is 7.89. The molecule has 4 rings (SSSR count). The average molecular weight is 442 g/mol. The molecule has 0 radical (unpaired) electrons. The van der Waals surface area contributed by atoms with Crippen LogP contribution in [0.25, 0.3) is 10.9 Å². The van der Waals surface area contributed by atoms with Gasteiger partial charge in [0.1, 0.15) is 0 Å². The van der Waals surface area contributed by atoms with Crippen LogP contribution in [0.4, 0.5) is 5.69 Å². The Morgan fingerprint density at radius 1 is 1.10 bits per heavy atom. The Morgan fingerprint density at radius 3 is 2.52 bits per heavy atom. The molecule has 0 unspecified atom stereocenters. The van der Waals surface area contributed by atoms with Crippen LogP contribution >= 0.6 is 0 Å². The number of ether oxygens (including phenoxy) is 1. The second-order valence-electron chi connectivity index (χ2n) is 7.66. The van der Waals surface area contributed by atoms with Gasteiger partial charge in [-0.25, -0.2) is 18.4 Å². The Kier molecular flexibility index (Phi) is 5.55. The summed E-state index contributed by atoms with van der Waals surface area (Å²) in [5.41, 5.74) is 4.23. The molecule has 0 spiro atoms. The van der Waals surface area contributed by atoms with Crippen molar-refractivity contribution in [3.63, 3.8) is 0 Å². The summed E-state index contributed by atoms with van der Waals surface area (Å²) in [4.78, 5) is 28.4. The molecule has 4 N–H and O–H groups in total. The predicted molar refractivity (Wildman–Crippen MR) is 116 cm³/mol. The molecule has 2 aromatic carbocycles. The molecule has 1 atom stereocenters. The third kappa shape index (κ3) is 4.47. The molecule has 9 heteroatoms. The summed E-state index contributed by atoms with van der Waals surface area (Å²) < 4.78 is 28.0. The summed E-state index contributed by atoms with van der Waals surface area (Å²) >= 11 is 0. The first kappa shape index (κ1) is 21.1. The molecule has 0 saturated carbocycles. The van der Waals surface area contributed by atoms with Gasteiger partial charge < -0.3 is 15.0 Å². The second-order valence-corrected chi connectivity index (χ2v) is 9.22. The topological polar surface area (TPSA) is 131 Å². The Bertz CT molecular complexity index is 1260. The van der Waals surface area contributed by atoms with Crippen molar-refractivity contribution in [3.8, 4) is 0 Å². The van der Waals surface area contributed by atoms with Crippen molar-refractivity contribution in [2.75, 3.05) is 5.32 Å². The fourth-order valence-corrected chi connectivity index (χ4v) is 4.30. The van der Waals surface area contributed by atoms with Crippen molar-refractivity contribution in [2.24, 2.45) is 5.14 Å². The van der Waals surface area contributed by atoms with Gasteiger partial charge in [-0.2, -0.15) is 0 Å². The Labute approximate surface area is 179 Å². The molecule has 8 nitrogen and oxygen atoms in total. The predicted octanol–water partition coefficient (Wildman–Crippen LogP) is 2.88. The van der Waals surface area contributed by atoms with Crippen LogP contribution in [-0.4, -0.2) is 31.4 Å². The van der Waals surface area contributed by atoms with E-state index in [1.54, 1.807) is 6.07 Å². The Hall–Kier alpha value is -3.17. The van der Waals surface area contributed by atoms with E-state index in [1.165, 1.54) is 42.4 Å². The first-order valence-electron chi connectivity index (χ1n) is 10.0. The van der Waals surface area contributed by atoms with Gasteiger partial charge in [0.25, 0.3) is 5.91 Å². The third-order valence-corrected chi connectivity index (χ3v) is 6.37. The number of hydrogen-bond acceptors (Lipinski definition) is 5. The molecule has 1 aliphatic carbocycles. The van der Waals surface area contributed by atoms with Gasteiger partial charge >= 0.3 is 5.97 Å². The number of aromatic nitrogens is 1. The summed E-state index contributed by atoms with van der Waals surface area (Å²) in [5.74, 6) is -1.11. The highest BCUT2D eigenvalue weighted by atomic mass is 32.2. The van der Waals surface area contributed by atoms with Crippen LogP contribution in [-0.2, 0) is 32.4 Å². The number of H-pyrrole nitrogens is 1. The van der Waals surface area contributed by atoms with Gasteiger partial charge in [-0.05, 0) is 80.6 Å². The van der Waals surface area contributed by atoms with Crippen LogP contribution in [0, 0.1) is 0 Å². The van der Waals surface area contributed by atoms with Crippen LogP contribution in [0.15, 0.2) is 47.4 Å². The van der Waals surface area contributed by atoms with E-state index < -0.39 is 28.0 Å². The van der Waals surface area contributed by atoms with Crippen molar-refractivity contribution >= 4 is 38.5 Å². The van der Waals surface area contributed by atoms with Gasteiger partial charge in [-0.15, -0.1) is 0 Å². The monoisotopic (exact) mass is 441 g/mol. The number of aryl methyl sites for hydroxylation is 2. The smallest absolute Gasteiger partial charge is 0.338 e. The molecule has 0 bridgehead atoms. The normalized spacial score (nSPS) is 14.6. The number of amides is 1. The molecule has 1 aliphatic rings. The zero-order valence-corrected chi connectivity index (χ0v) is 17.8. The number of sulfonamides is 1. The molecule has 162 valence electrons. The lowest BCUT2D eigenvalue weighted by atomic mass is 9.95. The maximum absolute atomic E-state index is 12.6. The van der Waals surface area contributed by atoms with Crippen LogP contribution < -0.4 is 10.5 Å². The van der Waals surface area contributed by atoms with Gasteiger partial charge in [0.2, 0.25) is 10.0 Å². The van der Waals surface area contributed by atoms with E-state index in [-0.39, 0.29) is 4.90 Å². The van der Waals surface area contributed by atoms with Crippen molar-refractivity contribution in [1.29, 1.82) is 0 Å². The summed E-state index contributed by atoms with van der Waals surface area (Å²) in [6, 6.07) is 10.8. The van der Waals surface area contributed by atoms with E-state index >= 15 is 0 Å². The van der Waals surface area contributed by atoms with Crippen molar-refractivity contribution in [3.05, 3.63) is 59.3 Å². The molecule has 1 aromatic heterocycles. The van der Waals surface area contributed by atoms with E-state index in [0.717, 1.165) is 36.6 Å². The molecule has 1 heterocycles. The Morgan fingerprint density at radius 2 is 1.81 bits per heavy atom. The van der Waals surface area contributed by atoms with Gasteiger partial charge in [0, 0.05) is 22.3 Å². The third-order valence-electron chi connectivity index (χ3n) is 5.44. The zero-order chi connectivity index (χ0) is 22.2. The van der Waals surface area contributed by atoms with Gasteiger partial charge in [-0.1, -0.05) is 0 Å². The number of nitrogens with two attached hydrogens (primary N) is 1. The number of hydrogen-bond donors (Lipinski definition) is 3. The number of esters is 1. The maximum Gasteiger partial charge on any atom is 0.338 e. The second kappa shape index (κ2) is 8.16. The van der Waals surface area contributed by atoms with Gasteiger partial charge in [0.05, 0.1) is 10.5 Å². The van der Waals surface area contributed by atoms with Crippen LogP contribution in [0.1, 0.15) is 41.4 Å². The average Bonchev–Trinajstić information content (AvgIpc) is 3.11. The Balaban J connectivity index is 1.43. The number of rotatable bonds is 5. The minimum atomic E-state index is -3.81. The number of fused-ring (bicyclic) bond motifs is 3. The lowest BCUT2D eigenvalue weighted by Crippen LogP contribution is -2.30. The number of carbonyl (C=O) groups is 2. The van der Waals surface area contributed by atoms with Crippen LogP contribution in [0.3, 0.4) is 0 Å². The summed E-state index contributed by atoms with van der Waals surface area (Å²) in [6.07, 6.45) is 3.24. The molecule has 0 aliphatic heterocycles. The summed E-state index contributed by atoms with van der Waals surface area (Å²) in [5, 5.41) is 8.67. The van der Waals surface area contributed by atoms with E-state index in [9.17, 15) is 18.0 Å². The van der Waals surface area contributed by atoms with E-state index in [0.29, 0.717) is 11.3 Å². The van der Waals surface area contributed by atoms with E-state index in [4.69, 9.17) is 9.88 Å². The number of primary sulfonamides is 1. The highest BCUT2D eigenvalue weighted by Crippen LogP contribution is 2.30. The minimum Gasteiger partial charge on any atom is -0.449 e. The summed E-state index contributed by atoms with van der Waals surface area (Å²) in [6.45, 7) is 1.47. The van der Waals surface area contributed by atoms with Crippen LogP contribution in [0.5, 0.6) is 0 Å². The standard InChI is InChI=1S/C22H23N3O5S/c1-13(21(26)24-15-7-9-16(10-8-15)31(23,28)29)30-22(27)14-6-11-20-18(12-14)17-4-2-3-5-19(17)25-20/h6-13,25H,2-5H2,1H3,(H,24,26)(H2,23,28,29)/t13-/m0/s1. The molecular weight excluding hydrogens is 418 g/mol. The first-order valence-corrected chi connectivity index (χ1v) is 11.6. The highest BCUT2D eigenvalue weighted by Gasteiger charge is 2.21. The first-order chi connectivity index (χ1) is 14.7. The fraction of sp³-hybridized carbons (Fsp3) is 0.273. The number of aromatic amines is 1. The maximum atomic E-state index is 12.6. The van der Waals surface area contributed by atoms with Crippen LogP contribution in [0.2, 0.25) is 0 Å². The van der Waals surface area contributed by atoms with Crippen molar-refractivity contribution in [2.45, 2.75) is 43.6 Å². The molecular formula is C22H23N3O5S. The number of benzene rings is 2. The quantitative estimate of drug-likeness (QED) is 0.524. The minimum absolute atomic E-state index is 0.0627. The van der Waals surface area contributed by atoms with E-state index in [1.807, 2.05) is 12.1 Å². The number of nitrogens with one attached hydrogen (secondary N) is 2. The lowest BCUT2D eigenvalue weighted by Gasteiger charge is -2.14. The largest absolute Gasteiger partial charge is 0.449 e. The molecule has 3 aromatic rings. The number of anilines is 1. The molecule has 0 saturated heterocycles. The zero-order valence-electron chi connectivity index (χ0n) is 17.0. The van der Waals surface area contributed by atoms with E-state index in [2.05, 4.69) is 10.3 Å². The van der Waals surface area contributed by atoms with Crippen molar-refractivity contribution < 1.29 is 22.7 Å². The lowest BCUT2D eigenvalue weighted by molar-refractivity contribution is -0.123. The SMILES string of the molecule is C[C@H](OC(=O)c1ccc2[nH]c3c(c2c1)CCCC3)C(=O)Nc1ccc(S(N)(=O)=O)cc1. The van der Waals surface area contributed by atoms with Gasteiger partial charge in [0.15, 0.2) is 6.10 Å². The number of carbonyl (C=O) groups excluding carboxylic acids is 2. The molecule has 0 fully saturated rings. The molecule has 1 amide bonds. The van der Waals surface area contributed by atoms with Crippen molar-refractivity contribution in [1.82, 2.24) is 4.98 Å². The summed E-state index contributed by atoms with van der Waals surface area (Å²) in [7, 11) is -3.81. The molecule has 31 heavy (non-hydrogen) atoms. The fourth-order valence-electron chi connectivity index (χ4n) is 3.79. The van der Waals surface area contributed by atoms with Gasteiger partial charge in [-0.3, -0.25) is 4.79 Å².